The number of nitrogens with one attached hydrogen (secondary N) is 1. The molecule has 1 rings (SSSR count). The van der Waals surface area contributed by atoms with E-state index >= 15 is 0 Å². The summed E-state index contributed by atoms with van der Waals surface area (Å²) in [7, 11) is -3.58. The van der Waals surface area contributed by atoms with Crippen molar-refractivity contribution in [2.24, 2.45) is 5.92 Å². The molecule has 1 atom stereocenters. The molecule has 0 aromatic heterocycles. The predicted molar refractivity (Wildman–Crippen MR) is 85.7 cm³/mol. The summed E-state index contributed by atoms with van der Waals surface area (Å²) in [6.45, 7) is 6.12. The third kappa shape index (κ3) is 4.69. The highest BCUT2D eigenvalue weighted by molar-refractivity contribution is 7.89. The largest absolute Gasteiger partial charge is 0.398 e. The van der Waals surface area contributed by atoms with Gasteiger partial charge >= 0.3 is 0 Å². The SMILES string of the molecule is CCc1cc(N)c(CC)c(S(=O)(=O)NCC(C)CCO)c1. The van der Waals surface area contributed by atoms with Crippen molar-refractivity contribution >= 4 is 15.7 Å². The van der Waals surface area contributed by atoms with E-state index in [4.69, 9.17) is 10.8 Å². The van der Waals surface area contributed by atoms with Crippen LogP contribution in [0.1, 0.15) is 38.3 Å². The number of aliphatic hydroxyl groups is 1. The molecule has 0 saturated carbocycles. The number of sulfonamides is 1. The van der Waals surface area contributed by atoms with E-state index in [2.05, 4.69) is 4.72 Å². The third-order valence-electron chi connectivity index (χ3n) is 3.60. The third-order valence-corrected chi connectivity index (χ3v) is 5.09. The second kappa shape index (κ2) is 7.77. The number of hydrogen-bond acceptors (Lipinski definition) is 4. The lowest BCUT2D eigenvalue weighted by molar-refractivity contribution is 0.263. The quantitative estimate of drug-likeness (QED) is 0.637. The second-order valence-electron chi connectivity index (χ2n) is 5.34. The van der Waals surface area contributed by atoms with Crippen LogP contribution in [-0.4, -0.2) is 26.7 Å². The molecule has 0 aliphatic carbocycles. The first-order valence-corrected chi connectivity index (χ1v) is 8.85. The normalized spacial score (nSPS) is 13.3. The molecule has 120 valence electrons. The van der Waals surface area contributed by atoms with Gasteiger partial charge in [-0.1, -0.05) is 20.8 Å². The van der Waals surface area contributed by atoms with Gasteiger partial charge in [0, 0.05) is 18.8 Å². The lowest BCUT2D eigenvalue weighted by Crippen LogP contribution is -2.29. The summed E-state index contributed by atoms with van der Waals surface area (Å²) >= 11 is 0. The summed E-state index contributed by atoms with van der Waals surface area (Å²) in [6, 6.07) is 3.54. The van der Waals surface area contributed by atoms with Gasteiger partial charge in [0.05, 0.1) is 4.90 Å². The van der Waals surface area contributed by atoms with Crippen molar-refractivity contribution in [3.8, 4) is 0 Å². The smallest absolute Gasteiger partial charge is 0.240 e. The minimum atomic E-state index is -3.58. The summed E-state index contributed by atoms with van der Waals surface area (Å²) in [5.41, 5.74) is 8.08. The second-order valence-corrected chi connectivity index (χ2v) is 7.07. The molecule has 0 radical (unpaired) electrons. The summed E-state index contributed by atoms with van der Waals surface area (Å²) < 4.78 is 27.6. The Hall–Kier alpha value is -1.11. The van der Waals surface area contributed by atoms with Gasteiger partial charge in [-0.05, 0) is 48.4 Å². The summed E-state index contributed by atoms with van der Waals surface area (Å²) in [5.74, 6) is 0.0848. The number of nitrogens with two attached hydrogens (primary N) is 1. The van der Waals surface area contributed by atoms with Crippen LogP contribution in [0.5, 0.6) is 0 Å². The summed E-state index contributed by atoms with van der Waals surface area (Å²) in [4.78, 5) is 0.276. The van der Waals surface area contributed by atoms with E-state index in [1.54, 1.807) is 6.07 Å². The van der Waals surface area contributed by atoms with Gasteiger partial charge in [0.25, 0.3) is 0 Å². The van der Waals surface area contributed by atoms with Crippen LogP contribution in [0.4, 0.5) is 5.69 Å². The van der Waals surface area contributed by atoms with Crippen LogP contribution in [0.2, 0.25) is 0 Å². The lowest BCUT2D eigenvalue weighted by atomic mass is 10.1. The fourth-order valence-corrected chi connectivity index (χ4v) is 3.75. The van der Waals surface area contributed by atoms with Gasteiger partial charge < -0.3 is 10.8 Å². The molecule has 0 amide bonds. The van der Waals surface area contributed by atoms with E-state index in [-0.39, 0.29) is 17.4 Å². The van der Waals surface area contributed by atoms with Gasteiger partial charge in [0.15, 0.2) is 0 Å². The molecule has 21 heavy (non-hydrogen) atoms. The van der Waals surface area contributed by atoms with Crippen molar-refractivity contribution in [1.29, 1.82) is 0 Å². The first-order valence-electron chi connectivity index (χ1n) is 7.37. The molecule has 4 N–H and O–H groups in total. The zero-order valence-corrected chi connectivity index (χ0v) is 13.8. The van der Waals surface area contributed by atoms with Crippen molar-refractivity contribution in [1.82, 2.24) is 4.72 Å². The number of nitrogen functional groups attached to an aromatic ring is 1. The molecule has 1 unspecified atom stereocenters. The Morgan fingerprint density at radius 3 is 2.48 bits per heavy atom. The standard InChI is InChI=1S/C15H26N2O3S/c1-4-12-8-14(16)13(5-2)15(9-12)21(19,20)17-10-11(3)6-7-18/h8-9,11,17-18H,4-7,10,16H2,1-3H3. The average molecular weight is 314 g/mol. The van der Waals surface area contributed by atoms with Crippen LogP contribution in [0.15, 0.2) is 17.0 Å². The zero-order chi connectivity index (χ0) is 16.0. The number of hydrogen-bond donors (Lipinski definition) is 3. The van der Waals surface area contributed by atoms with Crippen LogP contribution in [0.25, 0.3) is 0 Å². The molecule has 0 spiro atoms. The molecule has 1 aromatic carbocycles. The highest BCUT2D eigenvalue weighted by atomic mass is 32.2. The van der Waals surface area contributed by atoms with Gasteiger partial charge in [-0.2, -0.15) is 0 Å². The molecule has 0 aliphatic rings. The van der Waals surface area contributed by atoms with E-state index in [1.807, 2.05) is 26.8 Å². The first kappa shape index (κ1) is 17.9. The molecule has 0 saturated heterocycles. The van der Waals surface area contributed by atoms with Gasteiger partial charge in [-0.25, -0.2) is 13.1 Å². The van der Waals surface area contributed by atoms with E-state index in [9.17, 15) is 8.42 Å². The number of aryl methyl sites for hydroxylation is 1. The molecule has 1 aromatic rings. The summed E-state index contributed by atoms with van der Waals surface area (Å²) in [5, 5.41) is 8.88. The maximum Gasteiger partial charge on any atom is 0.240 e. The van der Waals surface area contributed by atoms with Crippen molar-refractivity contribution in [3.05, 3.63) is 23.3 Å². The van der Waals surface area contributed by atoms with E-state index in [1.165, 1.54) is 0 Å². The number of benzene rings is 1. The van der Waals surface area contributed by atoms with E-state index in [0.717, 1.165) is 12.0 Å². The lowest BCUT2D eigenvalue weighted by Gasteiger charge is -2.16. The molecule has 6 heteroatoms. The molecule has 0 heterocycles. The van der Waals surface area contributed by atoms with Gasteiger partial charge in [0.2, 0.25) is 10.0 Å². The van der Waals surface area contributed by atoms with E-state index in [0.29, 0.717) is 30.6 Å². The van der Waals surface area contributed by atoms with Crippen LogP contribution >= 0.6 is 0 Å². The van der Waals surface area contributed by atoms with Gasteiger partial charge in [-0.15, -0.1) is 0 Å². The minimum Gasteiger partial charge on any atom is -0.398 e. The first-order chi connectivity index (χ1) is 9.85. The van der Waals surface area contributed by atoms with Crippen LogP contribution < -0.4 is 10.5 Å². The van der Waals surface area contributed by atoms with Crippen LogP contribution in [0.3, 0.4) is 0 Å². The number of anilines is 1. The molecular formula is C15H26N2O3S. The van der Waals surface area contributed by atoms with E-state index < -0.39 is 10.0 Å². The van der Waals surface area contributed by atoms with Crippen LogP contribution in [0, 0.1) is 5.92 Å². The fraction of sp³-hybridized carbons (Fsp3) is 0.600. The van der Waals surface area contributed by atoms with Crippen molar-refractivity contribution in [3.63, 3.8) is 0 Å². The Morgan fingerprint density at radius 2 is 1.95 bits per heavy atom. The van der Waals surface area contributed by atoms with Crippen molar-refractivity contribution in [2.75, 3.05) is 18.9 Å². The highest BCUT2D eigenvalue weighted by Crippen LogP contribution is 2.25. The fourth-order valence-electron chi connectivity index (χ4n) is 2.20. The molecule has 0 bridgehead atoms. The maximum atomic E-state index is 12.5. The topological polar surface area (TPSA) is 92.4 Å². The van der Waals surface area contributed by atoms with Crippen molar-refractivity contribution < 1.29 is 13.5 Å². The zero-order valence-electron chi connectivity index (χ0n) is 13.0. The Labute approximate surface area is 127 Å². The minimum absolute atomic E-state index is 0.0569. The van der Waals surface area contributed by atoms with Gasteiger partial charge in [0.1, 0.15) is 0 Å². The highest BCUT2D eigenvalue weighted by Gasteiger charge is 2.21. The van der Waals surface area contributed by atoms with Gasteiger partial charge in [-0.3, -0.25) is 0 Å². The summed E-state index contributed by atoms with van der Waals surface area (Å²) in [6.07, 6.45) is 1.87. The predicted octanol–water partition coefficient (Wildman–Crippen LogP) is 1.69. The molecule has 0 aliphatic heterocycles. The maximum absolute atomic E-state index is 12.5. The molecule has 5 nitrogen and oxygen atoms in total. The number of aliphatic hydroxyl groups excluding tert-OH is 1. The van der Waals surface area contributed by atoms with Crippen molar-refractivity contribution in [2.45, 2.75) is 44.9 Å². The molecular weight excluding hydrogens is 288 g/mol. The van der Waals surface area contributed by atoms with Crippen LogP contribution in [-0.2, 0) is 22.9 Å². The Kier molecular flexibility index (Phi) is 6.64. The Bertz CT molecular complexity index is 571. The number of rotatable bonds is 8. The average Bonchev–Trinajstić information content (AvgIpc) is 2.44. The molecule has 0 fully saturated rings. The Morgan fingerprint density at radius 1 is 1.29 bits per heavy atom. The monoisotopic (exact) mass is 314 g/mol. The Balaban J connectivity index is 3.09.